The molecule has 2 aliphatic rings. The highest BCUT2D eigenvalue weighted by atomic mass is 16.5. The molecule has 1 unspecified atom stereocenters. The Morgan fingerprint density at radius 3 is 2.42 bits per heavy atom. The largest absolute Gasteiger partial charge is 0.466 e. The maximum atomic E-state index is 13.3. The molecule has 2 aromatic carbocycles. The summed E-state index contributed by atoms with van der Waals surface area (Å²) in [6.45, 7) is 3.82. The second kappa shape index (κ2) is 14.1. The molecule has 1 heterocycles. The average Bonchev–Trinajstić information content (AvgIpc) is 2.95. The van der Waals surface area contributed by atoms with Crippen LogP contribution in [0.5, 0.6) is 0 Å². The van der Waals surface area contributed by atoms with E-state index in [1.54, 1.807) is 4.90 Å². The standard InChI is InChI=1S/C31H40N4O5/c1-22(26-13-6-9-23-8-3-4-12-27(23)26)34-18-15-25(16-19-34)35(31(39)24-10-5-11-24)21-29(37)33-20-28(36)32-17-7-14-30(38)40-2/h3-4,6-9,12-14,22,24-25H,5,10-11,15-21H2,1-2H3,(H,32,36)(H,33,37)/b14-7+. The van der Waals surface area contributed by atoms with Crippen LogP contribution >= 0.6 is 0 Å². The van der Waals surface area contributed by atoms with Crippen molar-refractivity contribution in [3.05, 3.63) is 60.2 Å². The number of carbonyl (C=O) groups is 4. The summed E-state index contributed by atoms with van der Waals surface area (Å²) < 4.78 is 4.49. The molecule has 2 N–H and O–H groups in total. The topological polar surface area (TPSA) is 108 Å². The molecule has 1 saturated heterocycles. The van der Waals surface area contributed by atoms with Gasteiger partial charge in [0.15, 0.2) is 0 Å². The number of amides is 3. The van der Waals surface area contributed by atoms with Crippen molar-refractivity contribution in [2.24, 2.45) is 5.92 Å². The van der Waals surface area contributed by atoms with Crippen molar-refractivity contribution in [2.45, 2.75) is 51.1 Å². The molecule has 9 heteroatoms. The number of fused-ring (bicyclic) bond motifs is 1. The third-order valence-corrected chi connectivity index (χ3v) is 8.13. The van der Waals surface area contributed by atoms with Gasteiger partial charge in [-0.25, -0.2) is 4.79 Å². The van der Waals surface area contributed by atoms with Gasteiger partial charge in [0.1, 0.15) is 0 Å². The van der Waals surface area contributed by atoms with Crippen molar-refractivity contribution in [1.82, 2.24) is 20.4 Å². The van der Waals surface area contributed by atoms with E-state index in [-0.39, 0.29) is 55.4 Å². The SMILES string of the molecule is COC(=O)/C=C/CNC(=O)CNC(=O)CN(C(=O)C1CCC1)C1CCN(C(C)c2cccc3ccccc23)CC1. The fourth-order valence-corrected chi connectivity index (χ4v) is 5.52. The Balaban J connectivity index is 1.31. The molecule has 0 spiro atoms. The Morgan fingerprint density at radius 2 is 1.73 bits per heavy atom. The number of nitrogens with zero attached hydrogens (tertiary/aromatic N) is 2. The summed E-state index contributed by atoms with van der Waals surface area (Å²) in [6, 6.07) is 15.1. The van der Waals surface area contributed by atoms with Gasteiger partial charge in [-0.05, 0) is 48.9 Å². The molecule has 2 aromatic rings. The first-order valence-corrected chi connectivity index (χ1v) is 14.2. The zero-order valence-electron chi connectivity index (χ0n) is 23.4. The van der Waals surface area contributed by atoms with Gasteiger partial charge < -0.3 is 20.3 Å². The number of likely N-dealkylation sites (tertiary alicyclic amines) is 1. The number of rotatable bonds is 11. The van der Waals surface area contributed by atoms with Gasteiger partial charge in [-0.1, -0.05) is 55.0 Å². The maximum absolute atomic E-state index is 13.3. The van der Waals surface area contributed by atoms with Crippen molar-refractivity contribution in [2.75, 3.05) is 39.8 Å². The number of ether oxygens (including phenoxy) is 1. The predicted molar refractivity (Wildman–Crippen MR) is 153 cm³/mol. The number of methoxy groups -OCH3 is 1. The monoisotopic (exact) mass is 548 g/mol. The summed E-state index contributed by atoms with van der Waals surface area (Å²) in [7, 11) is 1.27. The first kappa shape index (κ1) is 29.3. The van der Waals surface area contributed by atoms with Crippen molar-refractivity contribution < 1.29 is 23.9 Å². The number of nitrogens with one attached hydrogen (secondary N) is 2. The number of hydrogen-bond acceptors (Lipinski definition) is 6. The van der Waals surface area contributed by atoms with Crippen molar-refractivity contribution in [3.63, 3.8) is 0 Å². The summed E-state index contributed by atoms with van der Waals surface area (Å²) >= 11 is 0. The average molecular weight is 549 g/mol. The molecule has 0 aromatic heterocycles. The maximum Gasteiger partial charge on any atom is 0.330 e. The lowest BCUT2D eigenvalue weighted by Crippen LogP contribution is -2.53. The van der Waals surface area contributed by atoms with Crippen LogP contribution in [0, 0.1) is 5.92 Å². The van der Waals surface area contributed by atoms with Crippen molar-refractivity contribution in [1.29, 1.82) is 0 Å². The van der Waals surface area contributed by atoms with Crippen LogP contribution in [0.4, 0.5) is 0 Å². The van der Waals surface area contributed by atoms with Crippen LogP contribution in [0.25, 0.3) is 10.8 Å². The number of piperidine rings is 1. The van der Waals surface area contributed by atoms with Crippen molar-refractivity contribution in [3.8, 4) is 0 Å². The number of esters is 1. The Bertz CT molecular complexity index is 1230. The van der Waals surface area contributed by atoms with E-state index in [0.29, 0.717) is 0 Å². The van der Waals surface area contributed by atoms with Gasteiger partial charge in [0.25, 0.3) is 0 Å². The number of carbonyl (C=O) groups excluding carboxylic acids is 4. The molecule has 0 bridgehead atoms. The molecule has 1 aliphatic carbocycles. The molecule has 4 rings (SSSR count). The smallest absolute Gasteiger partial charge is 0.330 e. The van der Waals surface area contributed by atoms with Crippen LogP contribution in [-0.4, -0.2) is 79.4 Å². The lowest BCUT2D eigenvalue weighted by Gasteiger charge is -2.42. The normalized spacial score (nSPS) is 17.2. The molecule has 1 saturated carbocycles. The zero-order valence-corrected chi connectivity index (χ0v) is 23.4. The second-order valence-electron chi connectivity index (χ2n) is 10.6. The summed E-state index contributed by atoms with van der Waals surface area (Å²) in [4.78, 5) is 53.5. The molecule has 2 fully saturated rings. The highest BCUT2D eigenvalue weighted by Gasteiger charge is 2.36. The first-order chi connectivity index (χ1) is 19.4. The van der Waals surface area contributed by atoms with E-state index < -0.39 is 5.97 Å². The predicted octanol–water partition coefficient (Wildman–Crippen LogP) is 2.96. The minimum Gasteiger partial charge on any atom is -0.466 e. The first-order valence-electron chi connectivity index (χ1n) is 14.2. The van der Waals surface area contributed by atoms with E-state index in [1.165, 1.54) is 35.6 Å². The third-order valence-electron chi connectivity index (χ3n) is 8.13. The molecular formula is C31H40N4O5. The van der Waals surface area contributed by atoms with E-state index in [2.05, 4.69) is 69.7 Å². The van der Waals surface area contributed by atoms with Gasteiger partial charge in [-0.2, -0.15) is 0 Å². The van der Waals surface area contributed by atoms with E-state index in [4.69, 9.17) is 0 Å². The Hall–Kier alpha value is -3.72. The Morgan fingerprint density at radius 1 is 1.00 bits per heavy atom. The molecule has 0 radical (unpaired) electrons. The van der Waals surface area contributed by atoms with Gasteiger partial charge in [0, 0.05) is 43.7 Å². The van der Waals surface area contributed by atoms with Gasteiger partial charge in [-0.15, -0.1) is 0 Å². The Kier molecular flexibility index (Phi) is 10.3. The van der Waals surface area contributed by atoms with Gasteiger partial charge in [-0.3, -0.25) is 19.3 Å². The molecule has 1 atom stereocenters. The molecule has 1 aliphatic heterocycles. The Labute approximate surface area is 235 Å². The van der Waals surface area contributed by atoms with E-state index in [0.717, 1.165) is 45.2 Å². The minimum absolute atomic E-state index is 0.00731. The van der Waals surface area contributed by atoms with E-state index in [1.807, 2.05) is 0 Å². The lowest BCUT2D eigenvalue weighted by molar-refractivity contribution is -0.145. The quantitative estimate of drug-likeness (QED) is 0.330. The van der Waals surface area contributed by atoms with Gasteiger partial charge in [0.05, 0.1) is 20.2 Å². The fourth-order valence-electron chi connectivity index (χ4n) is 5.52. The second-order valence-corrected chi connectivity index (χ2v) is 10.6. The lowest BCUT2D eigenvalue weighted by atomic mass is 9.83. The molecular weight excluding hydrogens is 508 g/mol. The molecule has 9 nitrogen and oxygen atoms in total. The van der Waals surface area contributed by atoms with Crippen LogP contribution in [0.2, 0.25) is 0 Å². The van der Waals surface area contributed by atoms with Crippen molar-refractivity contribution >= 4 is 34.5 Å². The van der Waals surface area contributed by atoms with Crippen LogP contribution in [0.1, 0.15) is 50.6 Å². The molecule has 40 heavy (non-hydrogen) atoms. The molecule has 214 valence electrons. The summed E-state index contributed by atoms with van der Waals surface area (Å²) in [5, 5.41) is 7.73. The van der Waals surface area contributed by atoms with Crippen LogP contribution in [0.15, 0.2) is 54.6 Å². The fraction of sp³-hybridized carbons (Fsp3) is 0.484. The van der Waals surface area contributed by atoms with E-state index in [9.17, 15) is 19.2 Å². The highest BCUT2D eigenvalue weighted by Crippen LogP contribution is 2.33. The van der Waals surface area contributed by atoms with Gasteiger partial charge >= 0.3 is 5.97 Å². The van der Waals surface area contributed by atoms with E-state index >= 15 is 0 Å². The van der Waals surface area contributed by atoms with Crippen LogP contribution in [0.3, 0.4) is 0 Å². The zero-order chi connectivity index (χ0) is 28.5. The summed E-state index contributed by atoms with van der Waals surface area (Å²) in [6.07, 6.45) is 7.07. The van der Waals surface area contributed by atoms with Crippen LogP contribution in [-0.2, 0) is 23.9 Å². The summed E-state index contributed by atoms with van der Waals surface area (Å²) in [5.41, 5.74) is 1.30. The summed E-state index contributed by atoms with van der Waals surface area (Å²) in [5.74, 6) is -1.19. The number of benzene rings is 2. The number of hydrogen-bond donors (Lipinski definition) is 2. The van der Waals surface area contributed by atoms with Gasteiger partial charge in [0.2, 0.25) is 17.7 Å². The third kappa shape index (κ3) is 7.47. The highest BCUT2D eigenvalue weighted by molar-refractivity contribution is 5.89. The molecule has 3 amide bonds. The van der Waals surface area contributed by atoms with Crippen LogP contribution < -0.4 is 10.6 Å². The minimum atomic E-state index is -0.507.